The Labute approximate surface area is 114 Å². The molecule has 0 heterocycles. The van der Waals surface area contributed by atoms with Gasteiger partial charge in [-0.1, -0.05) is 19.9 Å². The smallest absolute Gasteiger partial charge is 0.325 e. The fourth-order valence-electron chi connectivity index (χ4n) is 1.31. The quantitative estimate of drug-likeness (QED) is 0.298. The lowest BCUT2D eigenvalue weighted by atomic mass is 9.92. The summed E-state index contributed by atoms with van der Waals surface area (Å²) in [6, 6.07) is 0. The van der Waals surface area contributed by atoms with E-state index in [1.807, 2.05) is 13.0 Å². The molecule has 0 radical (unpaired) electrons. The van der Waals surface area contributed by atoms with Crippen molar-refractivity contribution in [2.45, 2.75) is 26.7 Å². The summed E-state index contributed by atoms with van der Waals surface area (Å²) in [6.07, 6.45) is 3.80. The zero-order valence-electron chi connectivity index (χ0n) is 14.1. The molecule has 0 rings (SSSR count). The molecule has 0 saturated carbocycles. The van der Waals surface area contributed by atoms with Crippen LogP contribution in [0.15, 0.2) is 17.6 Å². The fraction of sp³-hybridized carbons (Fsp3) is 0.692. The maximum absolute atomic E-state index is 11.5. The number of aliphatic imine (C=N–C) groups is 1. The van der Waals surface area contributed by atoms with Gasteiger partial charge < -0.3 is 15.8 Å². The van der Waals surface area contributed by atoms with Gasteiger partial charge in [0.15, 0.2) is 5.96 Å². The van der Waals surface area contributed by atoms with E-state index in [1.54, 1.807) is 0 Å². The van der Waals surface area contributed by atoms with Crippen LogP contribution in [0.3, 0.4) is 0 Å². The highest BCUT2D eigenvalue weighted by atomic mass is 16.5. The van der Waals surface area contributed by atoms with Crippen LogP contribution >= 0.6 is 0 Å². The summed E-state index contributed by atoms with van der Waals surface area (Å²) in [5, 5.41) is 2.41. The number of allylic oxidation sites excluding steroid dienone is 1. The number of hydrogen-bond acceptors (Lipinski definition) is 3. The molecular formula is C13H25N3O2. The van der Waals surface area contributed by atoms with E-state index in [0.717, 1.165) is 12.8 Å². The Kier molecular flexibility index (Phi) is 6.11. The summed E-state index contributed by atoms with van der Waals surface area (Å²) >= 11 is 0. The lowest BCUT2D eigenvalue weighted by Crippen LogP contribution is -2.36. The zero-order valence-corrected chi connectivity index (χ0v) is 11.1. The third-order valence-corrected chi connectivity index (χ3v) is 2.84. The van der Waals surface area contributed by atoms with Crippen LogP contribution in [0.2, 0.25) is 0 Å². The van der Waals surface area contributed by atoms with Crippen LogP contribution in [0.25, 0.3) is 0 Å². The highest BCUT2D eigenvalue weighted by Crippen LogP contribution is 2.17. The van der Waals surface area contributed by atoms with Crippen LogP contribution in [0.4, 0.5) is 0 Å². The van der Waals surface area contributed by atoms with Crippen LogP contribution in [-0.2, 0) is 9.53 Å². The van der Waals surface area contributed by atoms with Crippen LogP contribution in [0.5, 0.6) is 0 Å². The van der Waals surface area contributed by atoms with Crippen LogP contribution < -0.4 is 11.1 Å². The molecule has 0 aliphatic rings. The summed E-state index contributed by atoms with van der Waals surface area (Å²) in [5.41, 5.74) is 5.33. The number of nitrogens with zero attached hydrogens (tertiary/aromatic N) is 1. The second-order valence-corrected chi connectivity index (χ2v) is 4.35. The number of esters is 1. The lowest BCUT2D eigenvalue weighted by molar-refractivity contribution is -0.143. The number of carbonyl (C=O) groups is 1. The Bertz CT molecular complexity index is 370. The van der Waals surface area contributed by atoms with Crippen molar-refractivity contribution < 1.29 is 13.6 Å². The van der Waals surface area contributed by atoms with Gasteiger partial charge in [-0.2, -0.15) is 0 Å². The zero-order chi connectivity index (χ0) is 16.5. The molecule has 104 valence electrons. The molecule has 0 spiro atoms. The Balaban J connectivity index is 4.00. The first kappa shape index (κ1) is 11.6. The third-order valence-electron chi connectivity index (χ3n) is 2.84. The molecule has 0 aliphatic carbocycles. The van der Waals surface area contributed by atoms with Gasteiger partial charge in [-0.25, -0.2) is 0 Å². The predicted octanol–water partition coefficient (Wildman–Crippen LogP) is 1.30. The number of hydrogen-bond donors (Lipinski definition) is 2. The van der Waals surface area contributed by atoms with Crippen molar-refractivity contribution in [1.82, 2.24) is 5.32 Å². The molecule has 2 atom stereocenters. The fourth-order valence-corrected chi connectivity index (χ4v) is 1.31. The maximum atomic E-state index is 11.5. The SMILES string of the molecule is [2H]C([2H])([2H])N=C(N)NCC(=O)OC[C@@H](C)[C@H](C)CCC=C. The van der Waals surface area contributed by atoms with Gasteiger partial charge in [-0.3, -0.25) is 9.79 Å². The second-order valence-electron chi connectivity index (χ2n) is 4.35. The second kappa shape index (κ2) is 9.50. The minimum absolute atomic E-state index is 0.209. The van der Waals surface area contributed by atoms with Gasteiger partial charge >= 0.3 is 5.97 Å². The van der Waals surface area contributed by atoms with E-state index in [-0.39, 0.29) is 18.4 Å². The minimum atomic E-state index is -2.52. The third kappa shape index (κ3) is 7.70. The Hall–Kier alpha value is -1.52. The number of nitrogens with one attached hydrogen (secondary N) is 1. The molecule has 0 unspecified atom stereocenters. The van der Waals surface area contributed by atoms with Gasteiger partial charge in [0, 0.05) is 11.1 Å². The molecule has 0 amide bonds. The first-order valence-corrected chi connectivity index (χ1v) is 6.01. The van der Waals surface area contributed by atoms with Crippen molar-refractivity contribution in [2.24, 2.45) is 22.6 Å². The number of guanidine groups is 1. The highest BCUT2D eigenvalue weighted by Gasteiger charge is 2.13. The Morgan fingerprint density at radius 1 is 1.61 bits per heavy atom. The van der Waals surface area contributed by atoms with E-state index < -0.39 is 12.9 Å². The van der Waals surface area contributed by atoms with Crippen molar-refractivity contribution in [3.05, 3.63) is 12.7 Å². The van der Waals surface area contributed by atoms with Gasteiger partial charge in [0.1, 0.15) is 6.54 Å². The molecule has 0 bridgehead atoms. The average Bonchev–Trinajstić information content (AvgIpc) is 2.37. The monoisotopic (exact) mass is 258 g/mol. The van der Waals surface area contributed by atoms with Crippen molar-refractivity contribution in [3.63, 3.8) is 0 Å². The maximum Gasteiger partial charge on any atom is 0.325 e. The molecule has 0 aromatic rings. The average molecular weight is 258 g/mol. The molecule has 0 saturated heterocycles. The van der Waals surface area contributed by atoms with Crippen LogP contribution in [0.1, 0.15) is 30.8 Å². The molecule has 5 nitrogen and oxygen atoms in total. The predicted molar refractivity (Wildman–Crippen MR) is 74.3 cm³/mol. The summed E-state index contributed by atoms with van der Waals surface area (Å²) in [5.74, 6) is -0.144. The number of ether oxygens (including phenoxy) is 1. The largest absolute Gasteiger partial charge is 0.464 e. The molecule has 0 fully saturated rings. The summed E-state index contributed by atoms with van der Waals surface area (Å²) < 4.78 is 25.8. The molecule has 3 N–H and O–H groups in total. The standard InChI is InChI=1S/C13H25N3O2/c1-5-6-7-10(2)11(3)9-18-12(17)8-16-13(14)15-4/h5,10-11H,1,6-9H2,2-4H3,(H3,14,15,16)/t10-,11-/m1/s1/i4D3. The van der Waals surface area contributed by atoms with E-state index in [1.165, 1.54) is 0 Å². The summed E-state index contributed by atoms with van der Waals surface area (Å²) in [4.78, 5) is 14.7. The van der Waals surface area contributed by atoms with Gasteiger partial charge in [-0.15, -0.1) is 6.58 Å². The molecule has 18 heavy (non-hydrogen) atoms. The number of rotatable bonds is 8. The highest BCUT2D eigenvalue weighted by molar-refractivity contribution is 5.82. The van der Waals surface area contributed by atoms with E-state index in [0.29, 0.717) is 12.5 Å². The molecular weight excluding hydrogens is 230 g/mol. The Morgan fingerprint density at radius 3 is 2.94 bits per heavy atom. The van der Waals surface area contributed by atoms with Gasteiger partial charge in [0.25, 0.3) is 0 Å². The lowest BCUT2D eigenvalue weighted by Gasteiger charge is -2.19. The van der Waals surface area contributed by atoms with Crippen LogP contribution in [0, 0.1) is 11.8 Å². The van der Waals surface area contributed by atoms with Crippen molar-refractivity contribution in [2.75, 3.05) is 20.1 Å². The van der Waals surface area contributed by atoms with E-state index in [4.69, 9.17) is 14.6 Å². The molecule has 5 heteroatoms. The van der Waals surface area contributed by atoms with Gasteiger partial charge in [0.2, 0.25) is 0 Å². The van der Waals surface area contributed by atoms with E-state index >= 15 is 0 Å². The first-order valence-electron chi connectivity index (χ1n) is 7.51. The van der Waals surface area contributed by atoms with Gasteiger partial charge in [-0.05, 0) is 24.7 Å². The first-order chi connectivity index (χ1) is 9.65. The van der Waals surface area contributed by atoms with Crippen molar-refractivity contribution in [3.8, 4) is 0 Å². The molecule has 0 aromatic heterocycles. The number of nitrogens with two attached hydrogens (primary N) is 1. The van der Waals surface area contributed by atoms with Gasteiger partial charge in [0.05, 0.1) is 6.61 Å². The Morgan fingerprint density at radius 2 is 2.33 bits per heavy atom. The molecule has 0 aliphatic heterocycles. The minimum Gasteiger partial charge on any atom is -0.464 e. The number of carbonyl (C=O) groups excluding carboxylic acids is 1. The van der Waals surface area contributed by atoms with E-state index in [9.17, 15) is 4.79 Å². The van der Waals surface area contributed by atoms with Crippen molar-refractivity contribution >= 4 is 11.9 Å². The normalized spacial score (nSPS) is 17.9. The molecule has 0 aromatic carbocycles. The topological polar surface area (TPSA) is 76.7 Å². The van der Waals surface area contributed by atoms with Crippen molar-refractivity contribution in [1.29, 1.82) is 0 Å². The summed E-state index contributed by atoms with van der Waals surface area (Å²) in [6.45, 7) is 5.37. The van der Waals surface area contributed by atoms with E-state index in [2.05, 4.69) is 23.8 Å². The van der Waals surface area contributed by atoms with Crippen LogP contribution in [-0.4, -0.2) is 32.1 Å². The summed E-state index contributed by atoms with van der Waals surface area (Å²) in [7, 11) is 0.